The Hall–Kier alpha value is -0.800. The van der Waals surface area contributed by atoms with Gasteiger partial charge in [-0.1, -0.05) is 0 Å². The molecule has 23 heavy (non-hydrogen) atoms. The van der Waals surface area contributed by atoms with Gasteiger partial charge >= 0.3 is 0 Å². The third kappa shape index (κ3) is 8.57. The zero-order valence-electron chi connectivity index (χ0n) is 13.9. The molecule has 6 nitrogen and oxygen atoms in total. The molecule has 7 heteroatoms. The molecule has 0 aliphatic carbocycles. The van der Waals surface area contributed by atoms with Crippen molar-refractivity contribution >= 4 is 29.9 Å². The first-order chi connectivity index (χ1) is 10.9. The van der Waals surface area contributed by atoms with Crippen LogP contribution in [0.5, 0.6) is 0 Å². The van der Waals surface area contributed by atoms with Crippen molar-refractivity contribution in [3.8, 4) is 0 Å². The van der Waals surface area contributed by atoms with Gasteiger partial charge in [-0.2, -0.15) is 0 Å². The number of hydrogen-bond donors (Lipinski definition) is 2. The zero-order chi connectivity index (χ0) is 15.5. The molecular weight excluding hydrogens is 407 g/mol. The van der Waals surface area contributed by atoms with Crippen molar-refractivity contribution in [2.45, 2.75) is 19.8 Å². The minimum atomic E-state index is 0. The van der Waals surface area contributed by atoms with Crippen molar-refractivity contribution in [3.63, 3.8) is 0 Å². The summed E-state index contributed by atoms with van der Waals surface area (Å²) in [5, 5.41) is 6.62. The summed E-state index contributed by atoms with van der Waals surface area (Å²) in [6, 6.07) is 3.91. The van der Waals surface area contributed by atoms with E-state index < -0.39 is 0 Å². The topological polar surface area (TPSA) is 62.0 Å². The average molecular weight is 436 g/mol. The van der Waals surface area contributed by atoms with E-state index >= 15 is 0 Å². The highest BCUT2D eigenvalue weighted by atomic mass is 127. The van der Waals surface area contributed by atoms with Crippen LogP contribution >= 0.6 is 24.0 Å². The number of nitrogens with one attached hydrogen (secondary N) is 2. The zero-order valence-corrected chi connectivity index (χ0v) is 16.3. The van der Waals surface area contributed by atoms with Crippen molar-refractivity contribution in [1.82, 2.24) is 15.5 Å². The van der Waals surface area contributed by atoms with E-state index in [0.29, 0.717) is 0 Å². The standard InChI is InChI=1S/C16H28N4O2.HI/c1-2-17-16(19-8-6-15-5-3-12-22-15)18-7-4-9-20-10-13-21-14-11-20;/h3,5,12H,2,4,6-11,13-14H2,1H3,(H2,17,18,19);1H. The maximum Gasteiger partial charge on any atom is 0.191 e. The Morgan fingerprint density at radius 3 is 2.83 bits per heavy atom. The summed E-state index contributed by atoms with van der Waals surface area (Å²) in [6.45, 7) is 9.53. The van der Waals surface area contributed by atoms with E-state index in [1.54, 1.807) is 6.26 Å². The smallest absolute Gasteiger partial charge is 0.191 e. The molecular formula is C16H29IN4O2. The van der Waals surface area contributed by atoms with E-state index in [1.165, 1.54) is 0 Å². The second-order valence-corrected chi connectivity index (χ2v) is 5.32. The molecule has 1 fully saturated rings. The number of halogens is 1. The van der Waals surface area contributed by atoms with Gasteiger partial charge in [0.2, 0.25) is 0 Å². The molecule has 0 aromatic carbocycles. The monoisotopic (exact) mass is 436 g/mol. The van der Waals surface area contributed by atoms with Crippen LogP contribution in [0.15, 0.2) is 27.8 Å². The van der Waals surface area contributed by atoms with Gasteiger partial charge in [0, 0.05) is 45.7 Å². The van der Waals surface area contributed by atoms with Crippen LogP contribution in [-0.2, 0) is 11.2 Å². The fraction of sp³-hybridized carbons (Fsp3) is 0.688. The van der Waals surface area contributed by atoms with Gasteiger partial charge < -0.3 is 19.8 Å². The second-order valence-electron chi connectivity index (χ2n) is 5.32. The molecule has 1 aromatic heterocycles. The van der Waals surface area contributed by atoms with Gasteiger partial charge in [-0.25, -0.2) is 0 Å². The Morgan fingerprint density at radius 2 is 2.13 bits per heavy atom. The molecule has 1 aromatic rings. The Bertz CT molecular complexity index is 420. The summed E-state index contributed by atoms with van der Waals surface area (Å²) >= 11 is 0. The van der Waals surface area contributed by atoms with E-state index in [4.69, 9.17) is 9.15 Å². The van der Waals surface area contributed by atoms with Crippen LogP contribution in [-0.4, -0.2) is 63.3 Å². The number of ether oxygens (including phenoxy) is 1. The van der Waals surface area contributed by atoms with Crippen molar-refractivity contribution < 1.29 is 9.15 Å². The highest BCUT2D eigenvalue weighted by molar-refractivity contribution is 14.0. The number of hydrogen-bond acceptors (Lipinski definition) is 4. The molecule has 2 rings (SSSR count). The molecule has 0 radical (unpaired) electrons. The predicted molar refractivity (Wildman–Crippen MR) is 104 cm³/mol. The van der Waals surface area contributed by atoms with Crippen LogP contribution < -0.4 is 10.6 Å². The van der Waals surface area contributed by atoms with Crippen molar-refractivity contribution in [3.05, 3.63) is 24.2 Å². The minimum Gasteiger partial charge on any atom is -0.469 e. The second kappa shape index (κ2) is 12.6. The first kappa shape index (κ1) is 20.2. The van der Waals surface area contributed by atoms with E-state index in [-0.39, 0.29) is 24.0 Å². The minimum absolute atomic E-state index is 0. The normalized spacial score (nSPS) is 16.0. The Morgan fingerprint density at radius 1 is 1.30 bits per heavy atom. The summed E-state index contributed by atoms with van der Waals surface area (Å²) < 4.78 is 10.7. The fourth-order valence-electron chi connectivity index (χ4n) is 2.41. The van der Waals surface area contributed by atoms with Crippen molar-refractivity contribution in [2.24, 2.45) is 4.99 Å². The van der Waals surface area contributed by atoms with E-state index in [0.717, 1.165) is 77.0 Å². The van der Waals surface area contributed by atoms with Crippen LogP contribution in [0.2, 0.25) is 0 Å². The van der Waals surface area contributed by atoms with Crippen molar-refractivity contribution in [2.75, 3.05) is 52.5 Å². The first-order valence-corrected chi connectivity index (χ1v) is 8.23. The Kier molecular flexibility index (Phi) is 11.1. The number of guanidine groups is 1. The third-order valence-corrected chi connectivity index (χ3v) is 3.59. The number of nitrogens with zero attached hydrogens (tertiary/aromatic N) is 2. The SMILES string of the molecule is CCNC(=NCCCN1CCOCC1)NCCc1ccco1.I. The highest BCUT2D eigenvalue weighted by Crippen LogP contribution is 2.00. The summed E-state index contributed by atoms with van der Waals surface area (Å²) in [5.41, 5.74) is 0. The molecule has 0 bridgehead atoms. The number of aliphatic imine (C=N–C) groups is 1. The molecule has 1 aliphatic rings. The van der Waals surface area contributed by atoms with E-state index in [9.17, 15) is 0 Å². The van der Waals surface area contributed by atoms with Gasteiger partial charge in [0.25, 0.3) is 0 Å². The van der Waals surface area contributed by atoms with Gasteiger partial charge in [-0.05, 0) is 25.5 Å². The number of rotatable bonds is 8. The lowest BCUT2D eigenvalue weighted by Crippen LogP contribution is -2.39. The molecule has 0 amide bonds. The van der Waals surface area contributed by atoms with Crippen LogP contribution in [0.1, 0.15) is 19.1 Å². The molecule has 2 N–H and O–H groups in total. The van der Waals surface area contributed by atoms with Gasteiger partial charge in [0.05, 0.1) is 19.5 Å². The lowest BCUT2D eigenvalue weighted by atomic mass is 10.3. The van der Waals surface area contributed by atoms with Crippen LogP contribution in [0.25, 0.3) is 0 Å². The van der Waals surface area contributed by atoms with Gasteiger partial charge in [0.1, 0.15) is 5.76 Å². The number of furan rings is 1. The van der Waals surface area contributed by atoms with Gasteiger partial charge in [-0.15, -0.1) is 24.0 Å². The molecule has 0 spiro atoms. The average Bonchev–Trinajstić information content (AvgIpc) is 3.06. The van der Waals surface area contributed by atoms with Crippen LogP contribution in [0.3, 0.4) is 0 Å². The van der Waals surface area contributed by atoms with Crippen LogP contribution in [0, 0.1) is 0 Å². The summed E-state index contributed by atoms with van der Waals surface area (Å²) in [7, 11) is 0. The summed E-state index contributed by atoms with van der Waals surface area (Å²) in [4.78, 5) is 7.06. The first-order valence-electron chi connectivity index (χ1n) is 8.23. The predicted octanol–water partition coefficient (Wildman–Crippen LogP) is 1.72. The lowest BCUT2D eigenvalue weighted by molar-refractivity contribution is 0.0377. The summed E-state index contributed by atoms with van der Waals surface area (Å²) in [6.07, 6.45) is 3.65. The van der Waals surface area contributed by atoms with Crippen LogP contribution in [0.4, 0.5) is 0 Å². The van der Waals surface area contributed by atoms with Gasteiger partial charge in [0.15, 0.2) is 5.96 Å². The van der Waals surface area contributed by atoms with E-state index in [1.807, 2.05) is 12.1 Å². The lowest BCUT2D eigenvalue weighted by Gasteiger charge is -2.26. The van der Waals surface area contributed by atoms with Gasteiger partial charge in [-0.3, -0.25) is 9.89 Å². The molecule has 0 unspecified atom stereocenters. The molecule has 1 saturated heterocycles. The Balaban J connectivity index is 0.00000264. The van der Waals surface area contributed by atoms with E-state index in [2.05, 4.69) is 27.4 Å². The molecule has 0 saturated carbocycles. The molecule has 0 atom stereocenters. The third-order valence-electron chi connectivity index (χ3n) is 3.59. The Labute approximate surface area is 156 Å². The maximum absolute atomic E-state index is 5.35. The maximum atomic E-state index is 5.35. The fourth-order valence-corrected chi connectivity index (χ4v) is 2.41. The highest BCUT2D eigenvalue weighted by Gasteiger charge is 2.09. The summed E-state index contributed by atoms with van der Waals surface area (Å²) in [5.74, 6) is 1.88. The molecule has 2 heterocycles. The quantitative estimate of drug-likeness (QED) is 0.281. The molecule has 132 valence electrons. The number of morpholine rings is 1. The molecule has 1 aliphatic heterocycles. The largest absolute Gasteiger partial charge is 0.469 e. The van der Waals surface area contributed by atoms with Crippen molar-refractivity contribution in [1.29, 1.82) is 0 Å².